The smallest absolute Gasteiger partial charge is 0.414 e. The highest BCUT2D eigenvalue weighted by atomic mass is 16.6. The van der Waals surface area contributed by atoms with Crippen molar-refractivity contribution >= 4 is 17.8 Å². The molecule has 0 radical (unpaired) electrons. The van der Waals surface area contributed by atoms with Gasteiger partial charge in [-0.3, -0.25) is 14.9 Å². The molecular weight excluding hydrogens is 468 g/mol. The predicted octanol–water partition coefficient (Wildman–Crippen LogP) is 3.78. The normalized spacial score (nSPS) is 48.3. The van der Waals surface area contributed by atoms with Crippen molar-refractivity contribution in [3.05, 3.63) is 0 Å². The summed E-state index contributed by atoms with van der Waals surface area (Å²) in [4.78, 5) is 42.1. The Labute approximate surface area is 221 Å². The molecule has 2 N–H and O–H groups in total. The fraction of sp³-hybridized carbons (Fsp3) is 0.833. The molecular formula is C30H44N2O5. The number of carbonyl (C=O) groups is 3. The zero-order chi connectivity index (χ0) is 26.8. The van der Waals surface area contributed by atoms with E-state index >= 15 is 0 Å². The zero-order valence-electron chi connectivity index (χ0n) is 23.1. The number of nitrogens with zero attached hydrogens (tertiary/aromatic N) is 1. The number of hydrogen-bond acceptors (Lipinski definition) is 6. The highest BCUT2D eigenvalue weighted by molar-refractivity contribution is 5.93. The van der Waals surface area contributed by atoms with Crippen molar-refractivity contribution in [1.29, 1.82) is 0 Å². The van der Waals surface area contributed by atoms with Crippen LogP contribution in [0.25, 0.3) is 0 Å². The molecule has 5 aliphatic rings. The minimum absolute atomic E-state index is 0.0661. The van der Waals surface area contributed by atoms with Gasteiger partial charge in [0, 0.05) is 42.7 Å². The number of carbonyl (C=O) groups excluding carboxylic acids is 3. The predicted molar refractivity (Wildman–Crippen MR) is 139 cm³/mol. The minimum Gasteiger partial charge on any atom is -0.445 e. The standard InChI is InChI=1S/C30H44N2O5/c1-6-7-11-28(4)15-23(37-27(36)31-26(35)21-17-32-14-10-20(21)16-32)29(5)18(2)8-12-30(19(3)25(28)34)13-9-22(33)24(29)30/h18-21,23-25,34H,8-17H2,1-5H3,(H,31,35,36)/t18-,19+,20+,21+,23-,24?,25+,28-,29+,30?/m1/s1. The van der Waals surface area contributed by atoms with E-state index in [2.05, 4.69) is 42.8 Å². The quantitative estimate of drug-likeness (QED) is 0.559. The maximum Gasteiger partial charge on any atom is 0.414 e. The molecule has 2 saturated heterocycles. The van der Waals surface area contributed by atoms with Crippen LogP contribution in [0.4, 0.5) is 4.79 Å². The van der Waals surface area contributed by atoms with Crippen molar-refractivity contribution in [1.82, 2.24) is 10.2 Å². The van der Waals surface area contributed by atoms with Crippen LogP contribution in [0.2, 0.25) is 0 Å². The lowest BCUT2D eigenvalue weighted by Gasteiger charge is -2.62. The molecule has 4 bridgehead atoms. The third-order valence-corrected chi connectivity index (χ3v) is 11.7. The van der Waals surface area contributed by atoms with Crippen molar-refractivity contribution in [2.24, 2.45) is 45.8 Å². The van der Waals surface area contributed by atoms with Crippen LogP contribution < -0.4 is 5.32 Å². The number of imide groups is 1. The van der Waals surface area contributed by atoms with Gasteiger partial charge < -0.3 is 14.7 Å². The summed E-state index contributed by atoms with van der Waals surface area (Å²) < 4.78 is 6.21. The molecule has 2 amide bonds. The van der Waals surface area contributed by atoms with Crippen molar-refractivity contribution in [2.45, 2.75) is 91.8 Å². The van der Waals surface area contributed by atoms with Gasteiger partial charge in [-0.15, -0.1) is 11.8 Å². The van der Waals surface area contributed by atoms with Crippen LogP contribution in [0.15, 0.2) is 0 Å². The minimum atomic E-state index is -0.727. The van der Waals surface area contributed by atoms with Crippen LogP contribution in [0.3, 0.4) is 0 Å². The fourth-order valence-corrected chi connectivity index (χ4v) is 9.25. The second-order valence-corrected chi connectivity index (χ2v) is 13.4. The van der Waals surface area contributed by atoms with Crippen molar-refractivity contribution in [3.63, 3.8) is 0 Å². The van der Waals surface area contributed by atoms with Gasteiger partial charge in [0.1, 0.15) is 11.9 Å². The van der Waals surface area contributed by atoms with Gasteiger partial charge in [-0.25, -0.2) is 4.79 Å². The van der Waals surface area contributed by atoms with E-state index in [4.69, 9.17) is 4.74 Å². The van der Waals surface area contributed by atoms with Gasteiger partial charge in [0.2, 0.25) is 5.91 Å². The zero-order valence-corrected chi connectivity index (χ0v) is 23.1. The van der Waals surface area contributed by atoms with E-state index in [-0.39, 0.29) is 40.8 Å². The molecule has 5 fully saturated rings. The average molecular weight is 513 g/mol. The first-order chi connectivity index (χ1) is 17.5. The molecule has 3 saturated carbocycles. The summed E-state index contributed by atoms with van der Waals surface area (Å²) in [6.45, 7) is 12.9. The lowest BCUT2D eigenvalue weighted by atomic mass is 9.43. The first-order valence-electron chi connectivity index (χ1n) is 14.3. The Kier molecular flexibility index (Phi) is 6.76. The highest BCUT2D eigenvalue weighted by Crippen LogP contribution is 2.68. The number of piperidine rings is 1. The summed E-state index contributed by atoms with van der Waals surface area (Å²) >= 11 is 0. The van der Waals surface area contributed by atoms with Crippen molar-refractivity contribution in [3.8, 4) is 11.8 Å². The summed E-state index contributed by atoms with van der Waals surface area (Å²) in [5, 5.41) is 14.4. The van der Waals surface area contributed by atoms with Crippen LogP contribution in [0.1, 0.15) is 79.6 Å². The summed E-state index contributed by atoms with van der Waals surface area (Å²) in [7, 11) is 0. The number of hydrogen-bond donors (Lipinski definition) is 2. The van der Waals surface area contributed by atoms with Gasteiger partial charge in [0.25, 0.3) is 0 Å². The van der Waals surface area contributed by atoms with Gasteiger partial charge in [0.05, 0.1) is 12.0 Å². The number of Topliss-reactive ketones (excluding diaryl/α,β-unsaturated/α-hetero) is 1. The summed E-state index contributed by atoms with van der Waals surface area (Å²) in [6.07, 6.45) is 2.93. The van der Waals surface area contributed by atoms with Crippen LogP contribution >= 0.6 is 0 Å². The van der Waals surface area contributed by atoms with Gasteiger partial charge in [-0.05, 0) is 68.7 Å². The molecule has 2 heterocycles. The Hall–Kier alpha value is -1.91. The van der Waals surface area contributed by atoms with Crippen molar-refractivity contribution in [2.75, 3.05) is 19.6 Å². The van der Waals surface area contributed by atoms with E-state index in [9.17, 15) is 19.5 Å². The molecule has 2 aliphatic heterocycles. The number of ketones is 1. The number of aliphatic hydroxyl groups is 1. The highest BCUT2D eigenvalue weighted by Gasteiger charge is 2.68. The lowest BCUT2D eigenvalue weighted by molar-refractivity contribution is -0.197. The molecule has 0 aromatic rings. The fourth-order valence-electron chi connectivity index (χ4n) is 9.25. The topological polar surface area (TPSA) is 95.9 Å². The lowest BCUT2D eigenvalue weighted by Crippen LogP contribution is -2.63. The van der Waals surface area contributed by atoms with E-state index in [1.807, 2.05) is 6.92 Å². The molecule has 11 atom stereocenters. The molecule has 5 rings (SSSR count). The van der Waals surface area contributed by atoms with Gasteiger partial charge in [0.15, 0.2) is 0 Å². The number of fused-ring (bicyclic) bond motifs is 2. The van der Waals surface area contributed by atoms with Crippen molar-refractivity contribution < 1.29 is 24.2 Å². The Morgan fingerprint density at radius 1 is 1.19 bits per heavy atom. The average Bonchev–Trinajstić information content (AvgIpc) is 3.59. The first-order valence-corrected chi connectivity index (χ1v) is 14.3. The molecule has 37 heavy (non-hydrogen) atoms. The van der Waals surface area contributed by atoms with Gasteiger partial charge in [-0.1, -0.05) is 27.7 Å². The Morgan fingerprint density at radius 3 is 2.59 bits per heavy atom. The number of aliphatic hydroxyl groups excluding tert-OH is 1. The maximum absolute atomic E-state index is 13.6. The second-order valence-electron chi connectivity index (χ2n) is 13.4. The SMILES string of the molecule is CC#CC[C@]1(C)C[C@@H](OC(=O)NC(=O)[C@H]2CN3CC[C@H]2C3)[C@@]2(C)C3C(=O)CCC3(CC[C@H]2C)[C@@H](C)[C@@H]1O. The summed E-state index contributed by atoms with van der Waals surface area (Å²) in [5.74, 6) is 6.06. The maximum atomic E-state index is 13.6. The number of ether oxygens (including phenoxy) is 1. The van der Waals surface area contributed by atoms with Gasteiger partial charge >= 0.3 is 6.09 Å². The van der Waals surface area contributed by atoms with Crippen LogP contribution in [-0.4, -0.2) is 59.6 Å². The molecule has 3 aliphatic carbocycles. The number of nitrogens with one attached hydrogen (secondary N) is 1. The van der Waals surface area contributed by atoms with Crippen LogP contribution in [-0.2, 0) is 14.3 Å². The molecule has 204 valence electrons. The van der Waals surface area contributed by atoms with E-state index in [1.165, 1.54) is 0 Å². The second kappa shape index (κ2) is 9.38. The molecule has 0 aromatic carbocycles. The Balaban J connectivity index is 1.48. The van der Waals surface area contributed by atoms with E-state index in [0.717, 1.165) is 38.8 Å². The molecule has 7 heteroatoms. The molecule has 0 spiro atoms. The summed E-state index contributed by atoms with van der Waals surface area (Å²) in [5.41, 5.74) is -1.51. The first kappa shape index (κ1) is 26.7. The molecule has 0 aromatic heterocycles. The molecule has 3 unspecified atom stereocenters. The van der Waals surface area contributed by atoms with Crippen LogP contribution in [0, 0.1) is 57.7 Å². The van der Waals surface area contributed by atoms with Crippen LogP contribution in [0.5, 0.6) is 0 Å². The summed E-state index contributed by atoms with van der Waals surface area (Å²) in [6, 6.07) is 0. The van der Waals surface area contributed by atoms with E-state index < -0.39 is 29.1 Å². The Bertz CT molecular complexity index is 1030. The number of alkyl carbamates (subject to hydrolysis) is 1. The third-order valence-electron chi connectivity index (χ3n) is 11.7. The largest absolute Gasteiger partial charge is 0.445 e. The molecule has 7 nitrogen and oxygen atoms in total. The monoisotopic (exact) mass is 512 g/mol. The number of amides is 2. The van der Waals surface area contributed by atoms with Gasteiger partial charge in [-0.2, -0.15) is 0 Å². The van der Waals surface area contributed by atoms with E-state index in [0.29, 0.717) is 31.7 Å². The van der Waals surface area contributed by atoms with E-state index in [1.54, 1.807) is 6.92 Å². The Morgan fingerprint density at radius 2 is 1.95 bits per heavy atom. The third kappa shape index (κ3) is 4.05. The number of rotatable bonds is 3.